The van der Waals surface area contributed by atoms with Crippen LogP contribution in [0, 0.1) is 27.9 Å². The third-order valence-corrected chi connectivity index (χ3v) is 4.91. The Morgan fingerprint density at radius 1 is 1.11 bits per heavy atom. The van der Waals surface area contributed by atoms with E-state index in [2.05, 4.69) is 5.32 Å². The lowest BCUT2D eigenvalue weighted by atomic mass is 9.89. The second-order valence-electron chi connectivity index (χ2n) is 8.55. The van der Waals surface area contributed by atoms with Gasteiger partial charge in [-0.2, -0.15) is 0 Å². The highest BCUT2D eigenvalue weighted by Gasteiger charge is 2.49. The first-order valence-electron chi connectivity index (χ1n) is 9.60. The van der Waals surface area contributed by atoms with Crippen molar-refractivity contribution in [1.82, 2.24) is 5.32 Å². The predicted octanol–water partition coefficient (Wildman–Crippen LogP) is 3.83. The predicted molar refractivity (Wildman–Crippen MR) is 101 cm³/mol. The number of hydrogen-bond donors (Lipinski definition) is 1. The number of carbonyl (C=O) groups is 2. The molecule has 2 saturated carbocycles. The number of nitro benzene ring substituents is 1. The molecule has 0 spiro atoms. The summed E-state index contributed by atoms with van der Waals surface area (Å²) in [5.74, 6) is 0.465. The Labute approximate surface area is 163 Å². The summed E-state index contributed by atoms with van der Waals surface area (Å²) in [6, 6.07) is 4.51. The van der Waals surface area contributed by atoms with Crippen LogP contribution in [0.2, 0.25) is 0 Å². The molecule has 1 aromatic carbocycles. The minimum absolute atomic E-state index is 0.0260. The van der Waals surface area contributed by atoms with Crippen LogP contribution in [0.4, 0.5) is 10.5 Å². The van der Waals surface area contributed by atoms with Gasteiger partial charge in [-0.1, -0.05) is 0 Å². The molecule has 0 radical (unpaired) electrons. The maximum absolute atomic E-state index is 12.9. The molecule has 152 valence electrons. The topological polar surface area (TPSA) is 108 Å². The van der Waals surface area contributed by atoms with Crippen molar-refractivity contribution in [2.45, 2.75) is 58.1 Å². The summed E-state index contributed by atoms with van der Waals surface area (Å²) in [4.78, 5) is 35.5. The number of nitrogens with zero attached hydrogens (tertiary/aromatic N) is 1. The van der Waals surface area contributed by atoms with Crippen molar-refractivity contribution in [1.29, 1.82) is 0 Å². The van der Waals surface area contributed by atoms with Gasteiger partial charge in [-0.25, -0.2) is 9.59 Å². The summed E-state index contributed by atoms with van der Waals surface area (Å²) in [6.45, 7) is 5.28. The summed E-state index contributed by atoms with van der Waals surface area (Å²) in [7, 11) is 0. The van der Waals surface area contributed by atoms with Crippen LogP contribution in [0.5, 0.6) is 5.75 Å². The molecule has 2 aliphatic carbocycles. The third-order valence-electron chi connectivity index (χ3n) is 4.91. The fourth-order valence-corrected chi connectivity index (χ4v) is 3.45. The van der Waals surface area contributed by atoms with Gasteiger partial charge in [0.05, 0.1) is 4.92 Å². The summed E-state index contributed by atoms with van der Waals surface area (Å²) >= 11 is 0. The Balaban J connectivity index is 1.74. The molecule has 1 aromatic rings. The van der Waals surface area contributed by atoms with Gasteiger partial charge in [0.15, 0.2) is 0 Å². The first-order valence-corrected chi connectivity index (χ1v) is 9.60. The molecule has 0 saturated heterocycles. The lowest BCUT2D eigenvalue weighted by molar-refractivity contribution is -0.384. The Morgan fingerprint density at radius 3 is 2.07 bits per heavy atom. The molecule has 0 bridgehead atoms. The molecule has 0 heterocycles. The van der Waals surface area contributed by atoms with E-state index < -0.39 is 28.6 Å². The molecule has 0 aromatic heterocycles. The van der Waals surface area contributed by atoms with E-state index in [1.54, 1.807) is 20.8 Å². The summed E-state index contributed by atoms with van der Waals surface area (Å²) in [6.07, 6.45) is 3.51. The monoisotopic (exact) mass is 390 g/mol. The highest BCUT2D eigenvalue weighted by molar-refractivity contribution is 5.83. The van der Waals surface area contributed by atoms with Crippen LogP contribution < -0.4 is 10.1 Å². The largest absolute Gasteiger partial charge is 0.444 e. The van der Waals surface area contributed by atoms with Crippen LogP contribution in [0.1, 0.15) is 46.5 Å². The van der Waals surface area contributed by atoms with Gasteiger partial charge in [0.1, 0.15) is 17.4 Å². The minimum atomic E-state index is -0.801. The van der Waals surface area contributed by atoms with Crippen molar-refractivity contribution in [3.8, 4) is 5.75 Å². The van der Waals surface area contributed by atoms with E-state index in [0.29, 0.717) is 11.8 Å². The van der Waals surface area contributed by atoms with Crippen molar-refractivity contribution in [3.05, 3.63) is 34.4 Å². The molecular formula is C20H26N2O6. The zero-order chi connectivity index (χ0) is 20.5. The normalized spacial score (nSPS) is 17.7. The highest BCUT2D eigenvalue weighted by Crippen LogP contribution is 2.51. The Hall–Kier alpha value is -2.64. The number of carbonyl (C=O) groups excluding carboxylic acids is 2. The molecule has 2 aliphatic rings. The first-order chi connectivity index (χ1) is 13.1. The molecule has 8 heteroatoms. The van der Waals surface area contributed by atoms with Gasteiger partial charge in [0, 0.05) is 12.1 Å². The van der Waals surface area contributed by atoms with E-state index in [-0.39, 0.29) is 17.4 Å². The van der Waals surface area contributed by atoms with Crippen molar-refractivity contribution in [2.75, 3.05) is 0 Å². The number of alkyl carbamates (subject to hydrolysis) is 1. The average molecular weight is 390 g/mol. The molecule has 1 atom stereocenters. The van der Waals surface area contributed by atoms with Crippen LogP contribution in [0.3, 0.4) is 0 Å². The van der Waals surface area contributed by atoms with Gasteiger partial charge in [0.25, 0.3) is 5.69 Å². The lowest BCUT2D eigenvalue weighted by Crippen LogP contribution is -2.50. The smallest absolute Gasteiger partial charge is 0.408 e. The fourth-order valence-electron chi connectivity index (χ4n) is 3.45. The molecule has 1 N–H and O–H groups in total. The maximum Gasteiger partial charge on any atom is 0.408 e. The first kappa shape index (κ1) is 20.1. The summed E-state index contributed by atoms with van der Waals surface area (Å²) in [5, 5.41) is 13.5. The van der Waals surface area contributed by atoms with E-state index in [0.717, 1.165) is 25.7 Å². The Kier molecular flexibility index (Phi) is 5.58. The van der Waals surface area contributed by atoms with Crippen molar-refractivity contribution in [2.24, 2.45) is 17.8 Å². The summed E-state index contributed by atoms with van der Waals surface area (Å²) in [5.41, 5.74) is -0.761. The van der Waals surface area contributed by atoms with Crippen molar-refractivity contribution >= 4 is 17.7 Å². The molecule has 28 heavy (non-hydrogen) atoms. The van der Waals surface area contributed by atoms with Crippen LogP contribution in [0.25, 0.3) is 0 Å². The van der Waals surface area contributed by atoms with Crippen LogP contribution in [-0.2, 0) is 9.53 Å². The van der Waals surface area contributed by atoms with Gasteiger partial charge in [-0.05, 0) is 76.3 Å². The number of amides is 1. The number of nitro groups is 1. The minimum Gasteiger partial charge on any atom is -0.444 e. The van der Waals surface area contributed by atoms with Gasteiger partial charge in [-0.3, -0.25) is 10.1 Å². The number of esters is 1. The van der Waals surface area contributed by atoms with E-state index in [4.69, 9.17) is 9.47 Å². The SMILES string of the molecule is CC(C)(C)OC(=O)N[C@H](C(=O)Oc1ccc([N+](=O)[O-])cc1)C(C1CC1)C1CC1. The van der Waals surface area contributed by atoms with Gasteiger partial charge in [0.2, 0.25) is 0 Å². The van der Waals surface area contributed by atoms with Crippen LogP contribution >= 0.6 is 0 Å². The summed E-state index contributed by atoms with van der Waals surface area (Å²) < 4.78 is 10.8. The zero-order valence-corrected chi connectivity index (χ0v) is 16.3. The number of nitrogens with one attached hydrogen (secondary N) is 1. The average Bonchev–Trinajstić information content (AvgIpc) is 3.47. The number of non-ortho nitro benzene ring substituents is 1. The van der Waals surface area contributed by atoms with Crippen LogP contribution in [-0.4, -0.2) is 28.6 Å². The molecule has 3 rings (SSSR count). The Morgan fingerprint density at radius 2 is 1.64 bits per heavy atom. The number of rotatable bonds is 7. The number of hydrogen-bond acceptors (Lipinski definition) is 6. The lowest BCUT2D eigenvalue weighted by Gasteiger charge is -2.28. The molecule has 2 fully saturated rings. The van der Waals surface area contributed by atoms with E-state index >= 15 is 0 Å². The Bertz CT molecular complexity index is 735. The molecule has 1 amide bonds. The van der Waals surface area contributed by atoms with E-state index in [1.165, 1.54) is 24.3 Å². The van der Waals surface area contributed by atoms with Gasteiger partial charge in [-0.15, -0.1) is 0 Å². The third kappa shape index (κ3) is 5.43. The number of benzene rings is 1. The maximum atomic E-state index is 12.9. The second-order valence-corrected chi connectivity index (χ2v) is 8.55. The quantitative estimate of drug-likeness (QED) is 0.328. The highest BCUT2D eigenvalue weighted by atomic mass is 16.6. The molecule has 8 nitrogen and oxygen atoms in total. The molecule has 0 aliphatic heterocycles. The van der Waals surface area contributed by atoms with Crippen LogP contribution in [0.15, 0.2) is 24.3 Å². The second kappa shape index (κ2) is 7.77. The molecule has 0 unspecified atom stereocenters. The van der Waals surface area contributed by atoms with Gasteiger partial charge >= 0.3 is 12.1 Å². The van der Waals surface area contributed by atoms with Gasteiger partial charge < -0.3 is 14.8 Å². The van der Waals surface area contributed by atoms with Crippen molar-refractivity contribution < 1.29 is 24.0 Å². The zero-order valence-electron chi connectivity index (χ0n) is 16.3. The molecular weight excluding hydrogens is 364 g/mol. The van der Waals surface area contributed by atoms with E-state index in [9.17, 15) is 19.7 Å². The standard InChI is InChI=1S/C20H26N2O6/c1-20(2,3)28-19(24)21-17(16(12-4-5-12)13-6-7-13)18(23)27-15-10-8-14(9-11-15)22(25)26/h8-13,16-17H,4-7H2,1-3H3,(H,21,24)/t17-/m0/s1. The fraction of sp³-hybridized carbons (Fsp3) is 0.600. The van der Waals surface area contributed by atoms with Crippen molar-refractivity contribution in [3.63, 3.8) is 0 Å². The number of ether oxygens (including phenoxy) is 2. The van der Waals surface area contributed by atoms with E-state index in [1.807, 2.05) is 0 Å².